The summed E-state index contributed by atoms with van der Waals surface area (Å²) in [5, 5.41) is 12.6. The van der Waals surface area contributed by atoms with E-state index in [1.54, 1.807) is 24.5 Å². The second-order valence-corrected chi connectivity index (χ2v) is 5.52. The van der Waals surface area contributed by atoms with Crippen LogP contribution in [0.2, 0.25) is 5.02 Å². The van der Waals surface area contributed by atoms with Gasteiger partial charge in [-0.3, -0.25) is 0 Å². The van der Waals surface area contributed by atoms with Crippen molar-refractivity contribution < 1.29 is 4.42 Å². The first-order valence-electron chi connectivity index (χ1n) is 6.13. The summed E-state index contributed by atoms with van der Waals surface area (Å²) in [7, 11) is 0. The Labute approximate surface area is 130 Å². The average molecular weight is 313 g/mol. The quantitative estimate of drug-likeness (QED) is 0.631. The van der Waals surface area contributed by atoms with E-state index in [4.69, 9.17) is 16.0 Å². The van der Waals surface area contributed by atoms with Crippen LogP contribution < -0.4 is 0 Å². The van der Waals surface area contributed by atoms with Crippen LogP contribution in [0.1, 0.15) is 10.8 Å². The first-order valence-corrected chi connectivity index (χ1v) is 7.39. The predicted molar refractivity (Wildman–Crippen MR) is 84.8 cm³/mol. The van der Waals surface area contributed by atoms with E-state index in [-0.39, 0.29) is 0 Å². The van der Waals surface area contributed by atoms with E-state index in [1.807, 2.05) is 29.6 Å². The summed E-state index contributed by atoms with van der Waals surface area (Å²) in [5.74, 6) is 0.634. The molecular formula is C16H9ClN2OS. The van der Waals surface area contributed by atoms with Gasteiger partial charge in [-0.1, -0.05) is 23.7 Å². The summed E-state index contributed by atoms with van der Waals surface area (Å²) in [6.07, 6.45) is 3.26. The van der Waals surface area contributed by atoms with Gasteiger partial charge < -0.3 is 4.42 Å². The lowest BCUT2D eigenvalue weighted by Crippen LogP contribution is -1.82. The van der Waals surface area contributed by atoms with Crippen LogP contribution >= 0.6 is 22.9 Å². The highest BCUT2D eigenvalue weighted by molar-refractivity contribution is 7.11. The summed E-state index contributed by atoms with van der Waals surface area (Å²) in [5.41, 5.74) is 2.28. The molecule has 0 fully saturated rings. The predicted octanol–water partition coefficient (Wildman–Crippen LogP) is 5.12. The van der Waals surface area contributed by atoms with Crippen LogP contribution in [-0.4, -0.2) is 4.98 Å². The van der Waals surface area contributed by atoms with Crippen LogP contribution in [0.3, 0.4) is 0 Å². The molecule has 0 aliphatic carbocycles. The minimum Gasteiger partial charge on any atom is -0.465 e. The minimum absolute atomic E-state index is 0.482. The van der Waals surface area contributed by atoms with E-state index in [0.29, 0.717) is 21.4 Å². The number of aromatic nitrogens is 1. The lowest BCUT2D eigenvalue weighted by molar-refractivity contribution is 0.557. The van der Waals surface area contributed by atoms with E-state index < -0.39 is 0 Å². The van der Waals surface area contributed by atoms with Crippen LogP contribution in [0.4, 0.5) is 0 Å². The average Bonchev–Trinajstić information content (AvgIpc) is 3.17. The first kappa shape index (κ1) is 13.6. The summed E-state index contributed by atoms with van der Waals surface area (Å²) >= 11 is 7.30. The molecule has 3 rings (SSSR count). The number of nitrogens with zero attached hydrogens (tertiary/aromatic N) is 2. The molecule has 0 bridgehead atoms. The molecule has 0 saturated carbocycles. The van der Waals surface area contributed by atoms with Crippen molar-refractivity contribution in [1.29, 1.82) is 5.26 Å². The molecule has 5 heteroatoms. The fourth-order valence-electron chi connectivity index (χ4n) is 1.81. The van der Waals surface area contributed by atoms with Crippen molar-refractivity contribution >= 4 is 34.6 Å². The molecule has 0 unspecified atom stereocenters. The molecule has 3 aromatic rings. The lowest BCUT2D eigenvalue weighted by atomic mass is 10.2. The molecule has 102 valence electrons. The van der Waals surface area contributed by atoms with Gasteiger partial charge in [0.2, 0.25) is 0 Å². The minimum atomic E-state index is 0.482. The molecule has 0 spiro atoms. The zero-order chi connectivity index (χ0) is 14.7. The van der Waals surface area contributed by atoms with Crippen molar-refractivity contribution in [3.8, 4) is 17.3 Å². The SMILES string of the molecule is N#C/C(=C\c1ccco1)c1nc(-c2ccc(Cl)cc2)cs1. The van der Waals surface area contributed by atoms with Crippen LogP contribution in [0.15, 0.2) is 52.5 Å². The lowest BCUT2D eigenvalue weighted by Gasteiger charge is -1.96. The van der Waals surface area contributed by atoms with Gasteiger partial charge in [-0.25, -0.2) is 4.98 Å². The summed E-state index contributed by atoms with van der Waals surface area (Å²) in [4.78, 5) is 4.50. The third-order valence-corrected chi connectivity index (χ3v) is 3.95. The van der Waals surface area contributed by atoms with Gasteiger partial charge in [-0.2, -0.15) is 5.26 Å². The normalized spacial score (nSPS) is 11.3. The monoisotopic (exact) mass is 312 g/mol. The Morgan fingerprint density at radius 1 is 1.29 bits per heavy atom. The number of benzene rings is 1. The van der Waals surface area contributed by atoms with Crippen molar-refractivity contribution in [3.05, 3.63) is 63.8 Å². The topological polar surface area (TPSA) is 49.8 Å². The van der Waals surface area contributed by atoms with Gasteiger partial charge in [0.25, 0.3) is 0 Å². The molecule has 0 saturated heterocycles. The molecule has 0 aliphatic rings. The second kappa shape index (κ2) is 5.96. The molecule has 0 atom stereocenters. The van der Waals surface area contributed by atoms with Crippen LogP contribution in [0, 0.1) is 11.3 Å². The molecule has 0 amide bonds. The van der Waals surface area contributed by atoms with Gasteiger partial charge in [0, 0.05) is 22.0 Å². The fraction of sp³-hybridized carbons (Fsp3) is 0. The zero-order valence-corrected chi connectivity index (χ0v) is 12.4. The Morgan fingerprint density at radius 2 is 2.10 bits per heavy atom. The van der Waals surface area contributed by atoms with Crippen molar-refractivity contribution in [2.75, 3.05) is 0 Å². The molecule has 2 aromatic heterocycles. The van der Waals surface area contributed by atoms with E-state index in [9.17, 15) is 5.26 Å². The Morgan fingerprint density at radius 3 is 2.76 bits per heavy atom. The van der Waals surface area contributed by atoms with Gasteiger partial charge in [-0.15, -0.1) is 11.3 Å². The van der Waals surface area contributed by atoms with E-state index in [0.717, 1.165) is 11.3 Å². The summed E-state index contributed by atoms with van der Waals surface area (Å²) < 4.78 is 5.23. The number of thiazole rings is 1. The molecule has 0 N–H and O–H groups in total. The van der Waals surface area contributed by atoms with E-state index in [1.165, 1.54) is 11.3 Å². The van der Waals surface area contributed by atoms with Crippen molar-refractivity contribution in [2.45, 2.75) is 0 Å². The number of hydrogen-bond acceptors (Lipinski definition) is 4. The highest BCUT2D eigenvalue weighted by Gasteiger charge is 2.09. The number of nitriles is 1. The fourth-order valence-corrected chi connectivity index (χ4v) is 2.73. The summed E-state index contributed by atoms with van der Waals surface area (Å²) in [6, 6.07) is 13.2. The van der Waals surface area contributed by atoms with E-state index >= 15 is 0 Å². The molecule has 2 heterocycles. The zero-order valence-electron chi connectivity index (χ0n) is 10.8. The first-order chi connectivity index (χ1) is 10.3. The van der Waals surface area contributed by atoms with Gasteiger partial charge in [0.05, 0.1) is 17.5 Å². The number of hydrogen-bond donors (Lipinski definition) is 0. The molecule has 0 aliphatic heterocycles. The van der Waals surface area contributed by atoms with Crippen molar-refractivity contribution in [2.24, 2.45) is 0 Å². The maximum absolute atomic E-state index is 9.28. The maximum Gasteiger partial charge on any atom is 0.134 e. The Bertz CT molecular complexity index is 811. The number of halogens is 1. The molecule has 1 aromatic carbocycles. The number of furan rings is 1. The van der Waals surface area contributed by atoms with Gasteiger partial charge in [-0.05, 0) is 24.3 Å². The third kappa shape index (κ3) is 3.05. The standard InChI is InChI=1S/C16H9ClN2OS/c17-13-5-3-11(4-6-13)15-10-21-16(19-15)12(9-18)8-14-2-1-7-20-14/h1-8,10H/b12-8+. The number of rotatable bonds is 3. The van der Waals surface area contributed by atoms with E-state index in [2.05, 4.69) is 11.1 Å². The van der Waals surface area contributed by atoms with Crippen molar-refractivity contribution in [3.63, 3.8) is 0 Å². The van der Waals surface area contributed by atoms with Crippen molar-refractivity contribution in [1.82, 2.24) is 4.98 Å². The van der Waals surface area contributed by atoms with Crippen LogP contribution in [0.5, 0.6) is 0 Å². The Kier molecular flexibility index (Phi) is 3.87. The van der Waals surface area contributed by atoms with Gasteiger partial charge >= 0.3 is 0 Å². The second-order valence-electron chi connectivity index (χ2n) is 4.23. The smallest absolute Gasteiger partial charge is 0.134 e. The third-order valence-electron chi connectivity index (χ3n) is 2.82. The highest BCUT2D eigenvalue weighted by atomic mass is 35.5. The van der Waals surface area contributed by atoms with Gasteiger partial charge in [0.1, 0.15) is 16.8 Å². The molecule has 21 heavy (non-hydrogen) atoms. The highest BCUT2D eigenvalue weighted by Crippen LogP contribution is 2.27. The van der Waals surface area contributed by atoms with Crippen LogP contribution in [-0.2, 0) is 0 Å². The number of allylic oxidation sites excluding steroid dienone is 1. The van der Waals surface area contributed by atoms with Crippen LogP contribution in [0.25, 0.3) is 22.9 Å². The maximum atomic E-state index is 9.28. The van der Waals surface area contributed by atoms with Gasteiger partial charge in [0.15, 0.2) is 0 Å². The molecule has 3 nitrogen and oxygen atoms in total. The molecule has 0 radical (unpaired) electrons. The largest absolute Gasteiger partial charge is 0.465 e. The summed E-state index contributed by atoms with van der Waals surface area (Å²) in [6.45, 7) is 0. The Balaban J connectivity index is 1.94. The Hall–Kier alpha value is -2.35. The molecular weight excluding hydrogens is 304 g/mol.